The molecule has 5 nitrogen and oxygen atoms in total. The smallest absolute Gasteiger partial charge is 0.237 e. The molecule has 1 aromatic carbocycles. The van der Waals surface area contributed by atoms with Crippen LogP contribution in [0.2, 0.25) is 0 Å². The quantitative estimate of drug-likeness (QED) is 0.772. The second-order valence-electron chi connectivity index (χ2n) is 5.71. The van der Waals surface area contributed by atoms with Crippen molar-refractivity contribution in [3.63, 3.8) is 0 Å². The van der Waals surface area contributed by atoms with Crippen LogP contribution in [0.25, 0.3) is 0 Å². The predicted octanol–water partition coefficient (Wildman–Crippen LogP) is 1.65. The zero-order chi connectivity index (χ0) is 15.2. The molecule has 1 atom stereocenters. The summed E-state index contributed by atoms with van der Waals surface area (Å²) in [4.78, 5) is 23.5. The largest absolute Gasteiger partial charge is 0.351 e. The lowest BCUT2D eigenvalue weighted by Gasteiger charge is -2.12. The van der Waals surface area contributed by atoms with E-state index in [1.165, 1.54) is 0 Å². The minimum absolute atomic E-state index is 0.00311. The summed E-state index contributed by atoms with van der Waals surface area (Å²) in [6.45, 7) is 5.14. The number of rotatable bonds is 5. The summed E-state index contributed by atoms with van der Waals surface area (Å²) in [6, 6.07) is 7.50. The highest BCUT2D eigenvalue weighted by Crippen LogP contribution is 2.11. The van der Waals surface area contributed by atoms with Crippen molar-refractivity contribution in [3.8, 4) is 0 Å². The standard InChI is InChI=1S/C16H23N3O2/c1-11(2)15(20)19-13-7-5-12(6-8-13)10-18-16(21)14-4-3-9-17-14/h5-8,11,14,17H,3-4,9-10H2,1-2H3,(H,18,21)(H,19,20)/t14-/m0/s1. The highest BCUT2D eigenvalue weighted by molar-refractivity contribution is 5.92. The van der Waals surface area contributed by atoms with Gasteiger partial charge in [0.1, 0.15) is 0 Å². The van der Waals surface area contributed by atoms with Gasteiger partial charge in [-0.05, 0) is 37.1 Å². The van der Waals surface area contributed by atoms with Gasteiger partial charge < -0.3 is 16.0 Å². The predicted molar refractivity (Wildman–Crippen MR) is 82.8 cm³/mol. The van der Waals surface area contributed by atoms with E-state index in [2.05, 4.69) is 16.0 Å². The summed E-state index contributed by atoms with van der Waals surface area (Å²) in [5.41, 5.74) is 1.80. The lowest BCUT2D eigenvalue weighted by atomic mass is 10.1. The Morgan fingerprint density at radius 1 is 1.29 bits per heavy atom. The molecule has 21 heavy (non-hydrogen) atoms. The first kappa shape index (κ1) is 15.5. The molecule has 2 amide bonds. The van der Waals surface area contributed by atoms with Gasteiger partial charge in [0.2, 0.25) is 11.8 Å². The number of anilines is 1. The van der Waals surface area contributed by atoms with E-state index in [0.717, 1.165) is 30.6 Å². The molecule has 114 valence electrons. The van der Waals surface area contributed by atoms with Gasteiger partial charge in [-0.2, -0.15) is 0 Å². The monoisotopic (exact) mass is 289 g/mol. The third kappa shape index (κ3) is 4.56. The second kappa shape index (κ2) is 7.22. The zero-order valence-corrected chi connectivity index (χ0v) is 12.6. The molecule has 1 saturated heterocycles. The summed E-state index contributed by atoms with van der Waals surface area (Å²) in [6.07, 6.45) is 1.97. The topological polar surface area (TPSA) is 70.2 Å². The highest BCUT2D eigenvalue weighted by Gasteiger charge is 2.21. The summed E-state index contributed by atoms with van der Waals surface area (Å²) in [5, 5.41) is 8.95. The minimum atomic E-state index is -0.0467. The summed E-state index contributed by atoms with van der Waals surface area (Å²) in [7, 11) is 0. The molecule has 1 heterocycles. The van der Waals surface area contributed by atoms with Crippen molar-refractivity contribution < 1.29 is 9.59 Å². The molecule has 0 aromatic heterocycles. The zero-order valence-electron chi connectivity index (χ0n) is 12.6. The molecule has 0 aliphatic carbocycles. The van der Waals surface area contributed by atoms with Crippen LogP contribution in [0.3, 0.4) is 0 Å². The molecule has 1 aliphatic rings. The molecule has 0 bridgehead atoms. The van der Waals surface area contributed by atoms with Crippen LogP contribution in [-0.4, -0.2) is 24.4 Å². The van der Waals surface area contributed by atoms with E-state index in [4.69, 9.17) is 0 Å². The number of carbonyl (C=O) groups is 2. The lowest BCUT2D eigenvalue weighted by molar-refractivity contribution is -0.123. The first-order chi connectivity index (χ1) is 10.1. The van der Waals surface area contributed by atoms with Crippen LogP contribution >= 0.6 is 0 Å². The van der Waals surface area contributed by atoms with Gasteiger partial charge in [0.05, 0.1) is 6.04 Å². The van der Waals surface area contributed by atoms with E-state index in [1.807, 2.05) is 38.1 Å². The van der Waals surface area contributed by atoms with Crippen molar-refractivity contribution in [2.45, 2.75) is 39.3 Å². The highest BCUT2D eigenvalue weighted by atomic mass is 16.2. The van der Waals surface area contributed by atoms with Crippen LogP contribution in [0.5, 0.6) is 0 Å². The number of benzene rings is 1. The molecule has 3 N–H and O–H groups in total. The first-order valence-electron chi connectivity index (χ1n) is 7.47. The molecule has 0 spiro atoms. The van der Waals surface area contributed by atoms with Gasteiger partial charge >= 0.3 is 0 Å². The van der Waals surface area contributed by atoms with Crippen LogP contribution in [0.1, 0.15) is 32.3 Å². The molecule has 1 aromatic rings. The fraction of sp³-hybridized carbons (Fsp3) is 0.500. The Morgan fingerprint density at radius 3 is 2.57 bits per heavy atom. The Morgan fingerprint density at radius 2 is 2.00 bits per heavy atom. The molecular formula is C16H23N3O2. The van der Waals surface area contributed by atoms with E-state index in [0.29, 0.717) is 6.54 Å². The number of amides is 2. The SMILES string of the molecule is CC(C)C(=O)Nc1ccc(CNC(=O)[C@@H]2CCCN2)cc1. The Labute approximate surface area is 125 Å². The number of hydrogen-bond donors (Lipinski definition) is 3. The molecule has 0 unspecified atom stereocenters. The maximum atomic E-state index is 11.9. The van der Waals surface area contributed by atoms with E-state index >= 15 is 0 Å². The van der Waals surface area contributed by atoms with Gasteiger partial charge in [0.25, 0.3) is 0 Å². The Hall–Kier alpha value is -1.88. The number of carbonyl (C=O) groups excluding carboxylic acids is 2. The van der Waals surface area contributed by atoms with E-state index in [9.17, 15) is 9.59 Å². The molecule has 0 radical (unpaired) electrons. The van der Waals surface area contributed by atoms with Gasteiger partial charge in [0, 0.05) is 18.2 Å². The Kier molecular flexibility index (Phi) is 5.33. The van der Waals surface area contributed by atoms with E-state index in [-0.39, 0.29) is 23.8 Å². The van der Waals surface area contributed by atoms with Crippen LogP contribution in [0.15, 0.2) is 24.3 Å². The number of hydrogen-bond acceptors (Lipinski definition) is 3. The molecule has 1 aliphatic heterocycles. The number of nitrogens with one attached hydrogen (secondary N) is 3. The molecule has 2 rings (SSSR count). The normalized spacial score (nSPS) is 17.8. The van der Waals surface area contributed by atoms with Crippen molar-refractivity contribution in [1.29, 1.82) is 0 Å². The van der Waals surface area contributed by atoms with Crippen molar-refractivity contribution in [2.24, 2.45) is 5.92 Å². The van der Waals surface area contributed by atoms with Gasteiger partial charge in [-0.25, -0.2) is 0 Å². The van der Waals surface area contributed by atoms with Gasteiger partial charge in [-0.3, -0.25) is 9.59 Å². The third-order valence-corrected chi connectivity index (χ3v) is 3.59. The minimum Gasteiger partial charge on any atom is -0.351 e. The van der Waals surface area contributed by atoms with E-state index < -0.39 is 0 Å². The van der Waals surface area contributed by atoms with Crippen molar-refractivity contribution in [1.82, 2.24) is 10.6 Å². The van der Waals surface area contributed by atoms with Crippen LogP contribution in [0.4, 0.5) is 5.69 Å². The Bertz CT molecular complexity index is 491. The summed E-state index contributed by atoms with van der Waals surface area (Å²) >= 11 is 0. The van der Waals surface area contributed by atoms with Crippen molar-refractivity contribution in [3.05, 3.63) is 29.8 Å². The lowest BCUT2D eigenvalue weighted by Crippen LogP contribution is -2.39. The second-order valence-corrected chi connectivity index (χ2v) is 5.71. The molecule has 0 saturated carbocycles. The first-order valence-corrected chi connectivity index (χ1v) is 7.47. The average Bonchev–Trinajstić information content (AvgIpc) is 3.00. The van der Waals surface area contributed by atoms with Crippen molar-refractivity contribution in [2.75, 3.05) is 11.9 Å². The van der Waals surface area contributed by atoms with Crippen molar-refractivity contribution >= 4 is 17.5 Å². The average molecular weight is 289 g/mol. The van der Waals surface area contributed by atoms with Gasteiger partial charge in [0.15, 0.2) is 0 Å². The fourth-order valence-electron chi connectivity index (χ4n) is 2.21. The molecule has 1 fully saturated rings. The maximum Gasteiger partial charge on any atom is 0.237 e. The third-order valence-electron chi connectivity index (χ3n) is 3.59. The Balaban J connectivity index is 1.82. The molecular weight excluding hydrogens is 266 g/mol. The van der Waals surface area contributed by atoms with Crippen LogP contribution < -0.4 is 16.0 Å². The van der Waals surface area contributed by atoms with Gasteiger partial charge in [-0.15, -0.1) is 0 Å². The van der Waals surface area contributed by atoms with E-state index in [1.54, 1.807) is 0 Å². The fourth-order valence-corrected chi connectivity index (χ4v) is 2.21. The summed E-state index contributed by atoms with van der Waals surface area (Å²) in [5.74, 6) is 0.0240. The van der Waals surface area contributed by atoms with Crippen LogP contribution in [-0.2, 0) is 16.1 Å². The molecule has 5 heteroatoms. The maximum absolute atomic E-state index is 11.9. The summed E-state index contributed by atoms with van der Waals surface area (Å²) < 4.78 is 0. The van der Waals surface area contributed by atoms with Gasteiger partial charge in [-0.1, -0.05) is 26.0 Å². The van der Waals surface area contributed by atoms with Crippen LogP contribution in [0, 0.1) is 5.92 Å².